The maximum atomic E-state index is 13.2. The Morgan fingerprint density at radius 1 is 1.30 bits per heavy atom. The van der Waals surface area contributed by atoms with Gasteiger partial charge in [0.25, 0.3) is 0 Å². The number of hydrogen-bond donors (Lipinski definition) is 1. The zero-order valence-corrected chi connectivity index (χ0v) is 11.7. The maximum absolute atomic E-state index is 13.2. The quantitative estimate of drug-likeness (QED) is 0.660. The van der Waals surface area contributed by atoms with Crippen LogP contribution in [0, 0.1) is 5.82 Å². The van der Waals surface area contributed by atoms with E-state index in [1.165, 1.54) is 25.1 Å². The number of aromatic nitrogens is 1. The highest BCUT2D eigenvalue weighted by Crippen LogP contribution is 2.21. The van der Waals surface area contributed by atoms with Crippen LogP contribution in [-0.4, -0.2) is 44.6 Å². The standard InChI is InChI=1S/C14H21FN2O3/c1-18-4-5-19-6-7-20-14-11(8-12(15)10-17-14)9-16-13-2-3-13/h8,10,13,16H,2-7,9H2,1H3. The molecule has 6 heteroatoms. The molecule has 1 aromatic rings. The molecule has 1 fully saturated rings. The number of rotatable bonds is 10. The first-order valence-corrected chi connectivity index (χ1v) is 6.87. The Morgan fingerprint density at radius 2 is 2.10 bits per heavy atom. The van der Waals surface area contributed by atoms with Crippen molar-refractivity contribution in [1.82, 2.24) is 10.3 Å². The molecule has 1 aromatic heterocycles. The van der Waals surface area contributed by atoms with Crippen molar-refractivity contribution in [3.63, 3.8) is 0 Å². The van der Waals surface area contributed by atoms with E-state index in [0.29, 0.717) is 44.9 Å². The number of nitrogens with one attached hydrogen (secondary N) is 1. The number of halogens is 1. The van der Waals surface area contributed by atoms with Crippen molar-refractivity contribution >= 4 is 0 Å². The fourth-order valence-electron chi connectivity index (χ4n) is 1.71. The molecule has 0 atom stereocenters. The van der Waals surface area contributed by atoms with Crippen LogP contribution in [0.1, 0.15) is 18.4 Å². The molecule has 1 N–H and O–H groups in total. The molecule has 2 rings (SSSR count). The number of pyridine rings is 1. The molecule has 0 spiro atoms. The number of hydrogen-bond acceptors (Lipinski definition) is 5. The zero-order chi connectivity index (χ0) is 14.2. The molecule has 1 saturated carbocycles. The summed E-state index contributed by atoms with van der Waals surface area (Å²) in [6, 6.07) is 2.02. The molecule has 1 aliphatic rings. The Kier molecular flexibility index (Phi) is 6.17. The van der Waals surface area contributed by atoms with Crippen molar-refractivity contribution < 1.29 is 18.6 Å². The van der Waals surface area contributed by atoms with Crippen LogP contribution in [0.5, 0.6) is 5.88 Å². The van der Waals surface area contributed by atoms with Crippen LogP contribution in [0.4, 0.5) is 4.39 Å². The van der Waals surface area contributed by atoms with Gasteiger partial charge in [-0.15, -0.1) is 0 Å². The van der Waals surface area contributed by atoms with Crippen LogP contribution < -0.4 is 10.1 Å². The lowest BCUT2D eigenvalue weighted by Gasteiger charge is -2.11. The van der Waals surface area contributed by atoms with Gasteiger partial charge in [0.15, 0.2) is 0 Å². The van der Waals surface area contributed by atoms with Crippen LogP contribution in [0.25, 0.3) is 0 Å². The van der Waals surface area contributed by atoms with Gasteiger partial charge in [-0.3, -0.25) is 0 Å². The van der Waals surface area contributed by atoms with Gasteiger partial charge in [0.2, 0.25) is 5.88 Å². The molecular formula is C14H21FN2O3. The lowest BCUT2D eigenvalue weighted by molar-refractivity contribution is 0.0534. The topological polar surface area (TPSA) is 52.6 Å². The van der Waals surface area contributed by atoms with Gasteiger partial charge in [0.1, 0.15) is 12.4 Å². The molecule has 0 amide bonds. The van der Waals surface area contributed by atoms with E-state index in [2.05, 4.69) is 10.3 Å². The molecule has 0 radical (unpaired) electrons. The third-order valence-corrected chi connectivity index (χ3v) is 2.95. The monoisotopic (exact) mass is 284 g/mol. The van der Waals surface area contributed by atoms with Crippen LogP contribution in [-0.2, 0) is 16.0 Å². The Labute approximate surface area is 118 Å². The number of nitrogens with zero attached hydrogens (tertiary/aromatic N) is 1. The Morgan fingerprint density at radius 3 is 2.85 bits per heavy atom. The molecule has 112 valence electrons. The molecule has 0 aromatic carbocycles. The molecule has 5 nitrogen and oxygen atoms in total. The second-order valence-electron chi connectivity index (χ2n) is 4.73. The fourth-order valence-corrected chi connectivity index (χ4v) is 1.71. The van der Waals surface area contributed by atoms with Gasteiger partial charge in [-0.25, -0.2) is 9.37 Å². The number of methoxy groups -OCH3 is 1. The predicted molar refractivity (Wildman–Crippen MR) is 72.2 cm³/mol. The summed E-state index contributed by atoms with van der Waals surface area (Å²) in [6.07, 6.45) is 3.54. The Bertz CT molecular complexity index is 413. The summed E-state index contributed by atoms with van der Waals surface area (Å²) < 4.78 is 28.9. The second kappa shape index (κ2) is 8.14. The zero-order valence-electron chi connectivity index (χ0n) is 11.7. The van der Waals surface area contributed by atoms with Crippen molar-refractivity contribution in [1.29, 1.82) is 0 Å². The summed E-state index contributed by atoms with van der Waals surface area (Å²) in [4.78, 5) is 3.99. The third-order valence-electron chi connectivity index (χ3n) is 2.95. The molecule has 0 bridgehead atoms. The van der Waals surface area contributed by atoms with E-state index in [4.69, 9.17) is 14.2 Å². The lowest BCUT2D eigenvalue weighted by atomic mass is 10.2. The van der Waals surface area contributed by atoms with Crippen molar-refractivity contribution in [3.8, 4) is 5.88 Å². The van der Waals surface area contributed by atoms with E-state index >= 15 is 0 Å². The fraction of sp³-hybridized carbons (Fsp3) is 0.643. The van der Waals surface area contributed by atoms with E-state index < -0.39 is 0 Å². The van der Waals surface area contributed by atoms with Crippen molar-refractivity contribution in [3.05, 3.63) is 23.6 Å². The van der Waals surface area contributed by atoms with Crippen LogP contribution in [0.2, 0.25) is 0 Å². The molecule has 1 aliphatic carbocycles. The smallest absolute Gasteiger partial charge is 0.218 e. The minimum Gasteiger partial charge on any atom is -0.475 e. The molecular weight excluding hydrogens is 263 g/mol. The average Bonchev–Trinajstić information content (AvgIpc) is 3.26. The van der Waals surface area contributed by atoms with Crippen LogP contribution in [0.3, 0.4) is 0 Å². The van der Waals surface area contributed by atoms with Gasteiger partial charge in [0, 0.05) is 25.3 Å². The van der Waals surface area contributed by atoms with Gasteiger partial charge in [-0.05, 0) is 18.9 Å². The average molecular weight is 284 g/mol. The first-order chi connectivity index (χ1) is 9.79. The van der Waals surface area contributed by atoms with Crippen molar-refractivity contribution in [2.45, 2.75) is 25.4 Å². The van der Waals surface area contributed by atoms with Crippen molar-refractivity contribution in [2.24, 2.45) is 0 Å². The highest BCUT2D eigenvalue weighted by atomic mass is 19.1. The van der Waals surface area contributed by atoms with E-state index in [1.807, 2.05) is 0 Å². The highest BCUT2D eigenvalue weighted by Gasteiger charge is 2.21. The molecule has 0 saturated heterocycles. The SMILES string of the molecule is COCCOCCOc1ncc(F)cc1CNC1CC1. The van der Waals surface area contributed by atoms with Crippen LogP contribution >= 0.6 is 0 Å². The number of ether oxygens (including phenoxy) is 3. The van der Waals surface area contributed by atoms with E-state index in [1.54, 1.807) is 7.11 Å². The summed E-state index contributed by atoms with van der Waals surface area (Å²) in [7, 11) is 1.63. The first kappa shape index (κ1) is 15.2. The summed E-state index contributed by atoms with van der Waals surface area (Å²) in [5, 5.41) is 3.32. The van der Waals surface area contributed by atoms with Gasteiger partial charge >= 0.3 is 0 Å². The van der Waals surface area contributed by atoms with E-state index in [0.717, 1.165) is 5.56 Å². The minimum atomic E-state index is -0.346. The van der Waals surface area contributed by atoms with E-state index in [-0.39, 0.29) is 5.82 Å². The molecule has 20 heavy (non-hydrogen) atoms. The normalized spacial score (nSPS) is 14.5. The minimum absolute atomic E-state index is 0.346. The van der Waals surface area contributed by atoms with Gasteiger partial charge in [0.05, 0.1) is 26.0 Å². The molecule has 0 aliphatic heterocycles. The van der Waals surface area contributed by atoms with Gasteiger partial charge in [-0.1, -0.05) is 0 Å². The summed E-state index contributed by atoms with van der Waals surface area (Å²) in [5.41, 5.74) is 0.744. The second-order valence-corrected chi connectivity index (χ2v) is 4.73. The largest absolute Gasteiger partial charge is 0.475 e. The molecule has 1 heterocycles. The predicted octanol–water partition coefficient (Wildman–Crippen LogP) is 1.51. The Balaban J connectivity index is 1.76. The van der Waals surface area contributed by atoms with Crippen molar-refractivity contribution in [2.75, 3.05) is 33.5 Å². The van der Waals surface area contributed by atoms with Gasteiger partial charge in [-0.2, -0.15) is 0 Å². The maximum Gasteiger partial charge on any atom is 0.218 e. The summed E-state index contributed by atoms with van der Waals surface area (Å²) in [6.45, 7) is 2.52. The van der Waals surface area contributed by atoms with Crippen LogP contribution in [0.15, 0.2) is 12.3 Å². The summed E-state index contributed by atoms with van der Waals surface area (Å²) in [5.74, 6) is 0.121. The first-order valence-electron chi connectivity index (χ1n) is 6.87. The Hall–Kier alpha value is -1.24. The van der Waals surface area contributed by atoms with E-state index in [9.17, 15) is 4.39 Å². The highest BCUT2D eigenvalue weighted by molar-refractivity contribution is 5.26. The summed E-state index contributed by atoms with van der Waals surface area (Å²) >= 11 is 0. The van der Waals surface area contributed by atoms with Gasteiger partial charge < -0.3 is 19.5 Å². The molecule has 0 unspecified atom stereocenters. The third kappa shape index (κ3) is 5.40. The lowest BCUT2D eigenvalue weighted by Crippen LogP contribution is -2.17.